The Morgan fingerprint density at radius 1 is 1.40 bits per heavy atom. The molecule has 2 aromatic rings. The Hall–Kier alpha value is -1.69. The van der Waals surface area contributed by atoms with Gasteiger partial charge in [-0.1, -0.05) is 6.92 Å². The normalized spacial score (nSPS) is 15.5. The maximum absolute atomic E-state index is 4.42. The van der Waals surface area contributed by atoms with Crippen LogP contribution < -0.4 is 5.32 Å². The fourth-order valence-electron chi connectivity index (χ4n) is 2.78. The van der Waals surface area contributed by atoms with Crippen molar-refractivity contribution in [1.29, 1.82) is 0 Å². The van der Waals surface area contributed by atoms with E-state index < -0.39 is 0 Å². The lowest BCUT2D eigenvalue weighted by atomic mass is 10.3. The Bertz CT molecular complexity index is 570. The number of aromatic nitrogens is 5. The van der Waals surface area contributed by atoms with Gasteiger partial charge in [0.05, 0.1) is 12.6 Å². The van der Waals surface area contributed by atoms with E-state index >= 15 is 0 Å². The summed E-state index contributed by atoms with van der Waals surface area (Å²) in [6, 6.07) is 0.195. The molecule has 0 saturated carbocycles. The van der Waals surface area contributed by atoms with E-state index in [4.69, 9.17) is 0 Å². The Balaban J connectivity index is 1.64. The molecular formula is C14H22N6. The molecule has 0 spiro atoms. The van der Waals surface area contributed by atoms with Gasteiger partial charge in [-0.2, -0.15) is 0 Å². The SMILES string of the molecule is CCCn1ccnc1CNC(C)c1nnc2n1CCC2. The molecule has 3 rings (SSSR count). The Morgan fingerprint density at radius 3 is 3.15 bits per heavy atom. The molecule has 2 aromatic heterocycles. The van der Waals surface area contributed by atoms with Crippen molar-refractivity contribution in [3.8, 4) is 0 Å². The number of fused-ring (bicyclic) bond motifs is 1. The average molecular weight is 274 g/mol. The standard InChI is InChI=1S/C14H22N6/c1-3-7-19-9-6-15-13(19)10-16-11(2)14-18-17-12-5-4-8-20(12)14/h6,9,11,16H,3-5,7-8,10H2,1-2H3. The summed E-state index contributed by atoms with van der Waals surface area (Å²) >= 11 is 0. The zero-order valence-electron chi connectivity index (χ0n) is 12.2. The monoisotopic (exact) mass is 274 g/mol. The van der Waals surface area contributed by atoms with Crippen LogP contribution in [-0.2, 0) is 26.1 Å². The van der Waals surface area contributed by atoms with Gasteiger partial charge < -0.3 is 14.5 Å². The molecule has 1 aliphatic heterocycles. The summed E-state index contributed by atoms with van der Waals surface area (Å²) in [5.74, 6) is 3.26. The maximum Gasteiger partial charge on any atom is 0.149 e. The van der Waals surface area contributed by atoms with Crippen LogP contribution in [0.1, 0.15) is 50.2 Å². The fourth-order valence-corrected chi connectivity index (χ4v) is 2.78. The number of rotatable bonds is 6. The van der Waals surface area contributed by atoms with Crippen LogP contribution in [-0.4, -0.2) is 24.3 Å². The predicted octanol–water partition coefficient (Wildman–Crippen LogP) is 1.68. The lowest BCUT2D eigenvalue weighted by Gasteiger charge is -2.14. The Labute approximate surface area is 119 Å². The molecule has 6 nitrogen and oxygen atoms in total. The minimum Gasteiger partial charge on any atom is -0.334 e. The van der Waals surface area contributed by atoms with Crippen LogP contribution in [0.4, 0.5) is 0 Å². The minimum absolute atomic E-state index is 0.195. The Kier molecular flexibility index (Phi) is 3.82. The summed E-state index contributed by atoms with van der Waals surface area (Å²) in [4.78, 5) is 4.42. The van der Waals surface area contributed by atoms with Gasteiger partial charge in [0.2, 0.25) is 0 Å². The van der Waals surface area contributed by atoms with Crippen molar-refractivity contribution in [1.82, 2.24) is 29.6 Å². The first kappa shape index (κ1) is 13.3. The number of imidazole rings is 1. The average Bonchev–Trinajstić information content (AvgIpc) is 3.12. The van der Waals surface area contributed by atoms with Gasteiger partial charge in [-0.15, -0.1) is 10.2 Å². The van der Waals surface area contributed by atoms with E-state index in [1.54, 1.807) is 0 Å². The molecule has 0 amide bonds. The first-order valence-corrected chi connectivity index (χ1v) is 7.45. The van der Waals surface area contributed by atoms with Gasteiger partial charge >= 0.3 is 0 Å². The van der Waals surface area contributed by atoms with E-state index in [-0.39, 0.29) is 6.04 Å². The molecule has 1 N–H and O–H groups in total. The second-order valence-electron chi connectivity index (χ2n) is 5.37. The molecule has 0 aliphatic carbocycles. The van der Waals surface area contributed by atoms with Crippen molar-refractivity contribution < 1.29 is 0 Å². The molecule has 0 saturated heterocycles. The molecule has 1 unspecified atom stereocenters. The highest BCUT2D eigenvalue weighted by Crippen LogP contribution is 2.19. The largest absolute Gasteiger partial charge is 0.334 e. The second-order valence-corrected chi connectivity index (χ2v) is 5.37. The van der Waals surface area contributed by atoms with E-state index in [0.29, 0.717) is 0 Å². The quantitative estimate of drug-likeness (QED) is 0.870. The van der Waals surface area contributed by atoms with Gasteiger partial charge in [0.1, 0.15) is 17.5 Å². The van der Waals surface area contributed by atoms with Crippen LogP contribution in [0.5, 0.6) is 0 Å². The number of aryl methyl sites for hydroxylation is 2. The molecule has 6 heteroatoms. The van der Waals surface area contributed by atoms with Crippen molar-refractivity contribution in [2.45, 2.75) is 58.8 Å². The van der Waals surface area contributed by atoms with Crippen molar-refractivity contribution in [3.63, 3.8) is 0 Å². The number of nitrogens with zero attached hydrogens (tertiary/aromatic N) is 5. The third kappa shape index (κ3) is 2.47. The molecular weight excluding hydrogens is 252 g/mol. The summed E-state index contributed by atoms with van der Waals surface area (Å²) in [5.41, 5.74) is 0. The van der Waals surface area contributed by atoms with Gasteiger partial charge in [-0.25, -0.2) is 4.98 Å². The molecule has 0 aromatic carbocycles. The van der Waals surface area contributed by atoms with Gasteiger partial charge in [-0.3, -0.25) is 0 Å². The first-order valence-electron chi connectivity index (χ1n) is 7.45. The van der Waals surface area contributed by atoms with E-state index in [2.05, 4.69) is 43.5 Å². The summed E-state index contributed by atoms with van der Waals surface area (Å²) < 4.78 is 4.45. The van der Waals surface area contributed by atoms with Crippen molar-refractivity contribution in [3.05, 3.63) is 29.9 Å². The fraction of sp³-hybridized carbons (Fsp3) is 0.643. The maximum atomic E-state index is 4.42. The van der Waals surface area contributed by atoms with Crippen molar-refractivity contribution >= 4 is 0 Å². The highest BCUT2D eigenvalue weighted by atomic mass is 15.3. The third-order valence-electron chi connectivity index (χ3n) is 3.86. The molecule has 0 radical (unpaired) electrons. The summed E-state index contributed by atoms with van der Waals surface area (Å²) in [6.07, 6.45) is 7.27. The van der Waals surface area contributed by atoms with Gasteiger partial charge in [0.25, 0.3) is 0 Å². The van der Waals surface area contributed by atoms with Crippen molar-refractivity contribution in [2.24, 2.45) is 0 Å². The third-order valence-corrected chi connectivity index (χ3v) is 3.86. The van der Waals surface area contributed by atoms with Gasteiger partial charge in [-0.05, 0) is 19.8 Å². The molecule has 1 aliphatic rings. The Morgan fingerprint density at radius 2 is 2.30 bits per heavy atom. The first-order chi connectivity index (χ1) is 9.79. The van der Waals surface area contributed by atoms with E-state index in [1.165, 1.54) is 6.42 Å². The lowest BCUT2D eigenvalue weighted by Crippen LogP contribution is -2.23. The molecule has 1 atom stereocenters. The van der Waals surface area contributed by atoms with Crippen LogP contribution in [0, 0.1) is 0 Å². The molecule has 3 heterocycles. The number of hydrogen-bond acceptors (Lipinski definition) is 4. The topological polar surface area (TPSA) is 60.6 Å². The summed E-state index contributed by atoms with van der Waals surface area (Å²) in [7, 11) is 0. The lowest BCUT2D eigenvalue weighted by molar-refractivity contribution is 0.493. The zero-order valence-corrected chi connectivity index (χ0v) is 12.2. The number of hydrogen-bond donors (Lipinski definition) is 1. The summed E-state index contributed by atoms with van der Waals surface area (Å²) in [5, 5.41) is 12.1. The molecule has 0 bridgehead atoms. The molecule has 0 fully saturated rings. The van der Waals surface area contributed by atoms with Gasteiger partial charge in [0, 0.05) is 31.9 Å². The van der Waals surface area contributed by atoms with Crippen LogP contribution in [0.3, 0.4) is 0 Å². The van der Waals surface area contributed by atoms with Crippen LogP contribution in [0.15, 0.2) is 12.4 Å². The minimum atomic E-state index is 0.195. The number of nitrogens with one attached hydrogen (secondary N) is 1. The van der Waals surface area contributed by atoms with Crippen LogP contribution in [0.2, 0.25) is 0 Å². The smallest absolute Gasteiger partial charge is 0.149 e. The van der Waals surface area contributed by atoms with E-state index in [9.17, 15) is 0 Å². The second kappa shape index (κ2) is 5.75. The highest BCUT2D eigenvalue weighted by molar-refractivity contribution is 5.04. The molecule has 20 heavy (non-hydrogen) atoms. The zero-order chi connectivity index (χ0) is 13.9. The summed E-state index contributed by atoms with van der Waals surface area (Å²) in [6.45, 7) is 7.15. The van der Waals surface area contributed by atoms with Gasteiger partial charge in [0.15, 0.2) is 0 Å². The van der Waals surface area contributed by atoms with Crippen LogP contribution in [0.25, 0.3) is 0 Å². The van der Waals surface area contributed by atoms with E-state index in [1.807, 2.05) is 12.4 Å². The molecule has 108 valence electrons. The van der Waals surface area contributed by atoms with E-state index in [0.717, 1.165) is 49.9 Å². The van der Waals surface area contributed by atoms with Crippen LogP contribution >= 0.6 is 0 Å². The predicted molar refractivity (Wildman–Crippen MR) is 76.1 cm³/mol. The van der Waals surface area contributed by atoms with Crippen molar-refractivity contribution in [2.75, 3.05) is 0 Å². The highest BCUT2D eigenvalue weighted by Gasteiger charge is 2.21.